The van der Waals surface area contributed by atoms with Crippen LogP contribution in [0.5, 0.6) is 5.75 Å². The lowest BCUT2D eigenvalue weighted by Crippen LogP contribution is -2.29. The molecule has 4 rings (SSSR count). The first-order valence-corrected chi connectivity index (χ1v) is 12.1. The van der Waals surface area contributed by atoms with Gasteiger partial charge in [-0.2, -0.15) is 5.10 Å². The Labute approximate surface area is 200 Å². The highest BCUT2D eigenvalue weighted by atomic mass is 16.6. The van der Waals surface area contributed by atoms with E-state index in [0.717, 1.165) is 47.8 Å². The molecule has 0 spiro atoms. The van der Waals surface area contributed by atoms with Gasteiger partial charge in [0, 0.05) is 26.2 Å². The number of aryl methyl sites for hydroxylation is 2. The predicted octanol–water partition coefficient (Wildman–Crippen LogP) is 4.18. The van der Waals surface area contributed by atoms with Crippen molar-refractivity contribution in [3.63, 3.8) is 0 Å². The minimum Gasteiger partial charge on any atom is -0.489 e. The van der Waals surface area contributed by atoms with Crippen LogP contribution in [0.4, 0.5) is 4.79 Å². The monoisotopic (exact) mass is 470 g/mol. The maximum absolute atomic E-state index is 12.4. The number of rotatable bonds is 9. The Balaban J connectivity index is 1.40. The van der Waals surface area contributed by atoms with Crippen LogP contribution >= 0.6 is 0 Å². The topological polar surface area (TPSA) is 107 Å². The zero-order chi connectivity index (χ0) is 24.2. The summed E-state index contributed by atoms with van der Waals surface area (Å²) in [6.45, 7) is 2.69. The molecular weight excluding hydrogens is 436 g/mol. The molecular formula is C25H34N4O5. The van der Waals surface area contributed by atoms with E-state index < -0.39 is 5.97 Å². The molecule has 0 aliphatic heterocycles. The summed E-state index contributed by atoms with van der Waals surface area (Å²) in [5.41, 5.74) is 3.01. The number of aliphatic carboxylic acids is 1. The van der Waals surface area contributed by atoms with Gasteiger partial charge in [0.15, 0.2) is 0 Å². The van der Waals surface area contributed by atoms with E-state index in [-0.39, 0.29) is 24.7 Å². The third kappa shape index (κ3) is 5.87. The molecule has 0 radical (unpaired) electrons. The van der Waals surface area contributed by atoms with Crippen LogP contribution in [0.1, 0.15) is 56.3 Å². The van der Waals surface area contributed by atoms with Crippen molar-refractivity contribution >= 4 is 12.1 Å². The highest BCUT2D eigenvalue weighted by molar-refractivity contribution is 5.70. The van der Waals surface area contributed by atoms with Gasteiger partial charge in [-0.05, 0) is 57.1 Å². The van der Waals surface area contributed by atoms with Crippen molar-refractivity contribution in [3.8, 4) is 17.0 Å². The van der Waals surface area contributed by atoms with Gasteiger partial charge in [-0.15, -0.1) is 0 Å². The molecule has 184 valence electrons. The zero-order valence-corrected chi connectivity index (χ0v) is 20.2. The highest BCUT2D eigenvalue weighted by Crippen LogP contribution is 2.33. The van der Waals surface area contributed by atoms with Gasteiger partial charge in [0.1, 0.15) is 12.4 Å². The number of hydrogen-bond donors (Lipinski definition) is 1. The van der Waals surface area contributed by atoms with Gasteiger partial charge in [0.2, 0.25) is 0 Å². The normalized spacial score (nSPS) is 20.1. The standard InChI is InChI=1S/C25H34N4O5/c1-16-23(34-19-6-4-5-18(13-19)24(30)31)10-9-21(27-16)20-14-26-29(3)22(20)15-33-25(32)28(2)12-11-17-7-8-17/h9-10,14,17-19H,4-8,11-13,15H2,1-3H3,(H,30,31)/t18-,19-/m0/s1. The van der Waals surface area contributed by atoms with Gasteiger partial charge in [-0.1, -0.05) is 12.8 Å². The fourth-order valence-corrected chi connectivity index (χ4v) is 4.44. The zero-order valence-electron chi connectivity index (χ0n) is 20.2. The fraction of sp³-hybridized carbons (Fsp3) is 0.600. The Morgan fingerprint density at radius 3 is 2.74 bits per heavy atom. The number of carboxylic acid groups (broad SMARTS) is 1. The Hall–Kier alpha value is -3.10. The van der Waals surface area contributed by atoms with Crippen molar-refractivity contribution in [2.24, 2.45) is 18.9 Å². The van der Waals surface area contributed by atoms with Gasteiger partial charge >= 0.3 is 12.1 Å². The summed E-state index contributed by atoms with van der Waals surface area (Å²) < 4.78 is 13.4. The van der Waals surface area contributed by atoms with Crippen molar-refractivity contribution < 1.29 is 24.2 Å². The number of amides is 1. The lowest BCUT2D eigenvalue weighted by atomic mass is 9.87. The van der Waals surface area contributed by atoms with Gasteiger partial charge in [-0.25, -0.2) is 9.78 Å². The molecule has 2 fully saturated rings. The summed E-state index contributed by atoms with van der Waals surface area (Å²) in [4.78, 5) is 30.1. The summed E-state index contributed by atoms with van der Waals surface area (Å²) in [5.74, 6) is 0.322. The average molecular weight is 471 g/mol. The third-order valence-corrected chi connectivity index (χ3v) is 6.86. The summed E-state index contributed by atoms with van der Waals surface area (Å²) in [6, 6.07) is 3.74. The first kappa shape index (κ1) is 24.0. The number of ether oxygens (including phenoxy) is 2. The van der Waals surface area contributed by atoms with Crippen LogP contribution in [0.3, 0.4) is 0 Å². The number of hydrogen-bond acceptors (Lipinski definition) is 6. The van der Waals surface area contributed by atoms with E-state index in [9.17, 15) is 14.7 Å². The van der Waals surface area contributed by atoms with Crippen LogP contribution in [0, 0.1) is 18.8 Å². The molecule has 1 N–H and O–H groups in total. The van der Waals surface area contributed by atoms with Crippen molar-refractivity contribution in [2.75, 3.05) is 13.6 Å². The minimum absolute atomic E-state index is 0.107. The van der Waals surface area contributed by atoms with E-state index >= 15 is 0 Å². The lowest BCUT2D eigenvalue weighted by molar-refractivity contribution is -0.143. The summed E-state index contributed by atoms with van der Waals surface area (Å²) >= 11 is 0. The molecule has 0 bridgehead atoms. The van der Waals surface area contributed by atoms with E-state index in [1.807, 2.05) is 26.1 Å². The van der Waals surface area contributed by atoms with E-state index in [1.165, 1.54) is 12.8 Å². The molecule has 2 aromatic rings. The SMILES string of the molecule is Cc1nc(-c2cnn(C)c2COC(=O)N(C)CCC2CC2)ccc1O[C@H]1CCC[C@H](C(=O)O)C1. The van der Waals surface area contributed by atoms with Crippen LogP contribution < -0.4 is 4.74 Å². The first-order chi connectivity index (χ1) is 16.3. The van der Waals surface area contributed by atoms with E-state index in [4.69, 9.17) is 14.5 Å². The number of carbonyl (C=O) groups is 2. The largest absolute Gasteiger partial charge is 0.489 e. The smallest absolute Gasteiger partial charge is 0.409 e. The predicted molar refractivity (Wildman–Crippen MR) is 125 cm³/mol. The second kappa shape index (κ2) is 10.4. The Bertz CT molecular complexity index is 1030. The van der Waals surface area contributed by atoms with E-state index in [1.54, 1.807) is 22.8 Å². The van der Waals surface area contributed by atoms with Gasteiger partial charge in [0.05, 0.1) is 35.3 Å². The molecule has 34 heavy (non-hydrogen) atoms. The van der Waals surface area contributed by atoms with Crippen LogP contribution in [0.2, 0.25) is 0 Å². The summed E-state index contributed by atoms with van der Waals surface area (Å²) in [6.07, 6.45) is 7.73. The lowest BCUT2D eigenvalue weighted by Gasteiger charge is -2.27. The second-order valence-corrected chi connectivity index (χ2v) is 9.56. The summed E-state index contributed by atoms with van der Waals surface area (Å²) in [5, 5.41) is 13.7. The molecule has 2 heterocycles. The maximum atomic E-state index is 12.4. The summed E-state index contributed by atoms with van der Waals surface area (Å²) in [7, 11) is 3.58. The Kier molecular flexibility index (Phi) is 7.38. The molecule has 2 atom stereocenters. The highest BCUT2D eigenvalue weighted by Gasteiger charge is 2.28. The molecule has 1 amide bonds. The second-order valence-electron chi connectivity index (χ2n) is 9.56. The quantitative estimate of drug-likeness (QED) is 0.586. The maximum Gasteiger partial charge on any atom is 0.409 e. The van der Waals surface area contributed by atoms with E-state index in [2.05, 4.69) is 5.10 Å². The molecule has 0 unspecified atom stereocenters. The first-order valence-electron chi connectivity index (χ1n) is 12.1. The number of carbonyl (C=O) groups excluding carboxylic acids is 1. The third-order valence-electron chi connectivity index (χ3n) is 6.86. The van der Waals surface area contributed by atoms with Gasteiger partial charge in [-0.3, -0.25) is 9.48 Å². The van der Waals surface area contributed by atoms with Crippen LogP contribution in [0.25, 0.3) is 11.3 Å². The molecule has 9 heteroatoms. The average Bonchev–Trinajstić information content (AvgIpc) is 3.58. The molecule has 2 aliphatic rings. The molecule has 2 saturated carbocycles. The number of aromatic nitrogens is 3. The number of pyridine rings is 1. The van der Waals surface area contributed by atoms with Gasteiger partial charge < -0.3 is 19.5 Å². The van der Waals surface area contributed by atoms with Crippen molar-refractivity contribution in [1.82, 2.24) is 19.7 Å². The minimum atomic E-state index is -0.752. The van der Waals surface area contributed by atoms with Crippen molar-refractivity contribution in [1.29, 1.82) is 0 Å². The number of nitrogens with zero attached hydrogens (tertiary/aromatic N) is 4. The molecule has 2 aromatic heterocycles. The molecule has 0 saturated heterocycles. The Morgan fingerprint density at radius 2 is 2.03 bits per heavy atom. The molecule has 0 aromatic carbocycles. The van der Waals surface area contributed by atoms with Gasteiger partial charge in [0.25, 0.3) is 0 Å². The van der Waals surface area contributed by atoms with Crippen LogP contribution in [0.15, 0.2) is 18.3 Å². The molecule has 2 aliphatic carbocycles. The number of carboxylic acids is 1. The van der Waals surface area contributed by atoms with Crippen molar-refractivity contribution in [3.05, 3.63) is 29.7 Å². The Morgan fingerprint density at radius 1 is 1.24 bits per heavy atom. The van der Waals surface area contributed by atoms with Crippen molar-refractivity contribution in [2.45, 2.75) is 64.6 Å². The van der Waals surface area contributed by atoms with E-state index in [0.29, 0.717) is 25.1 Å². The van der Waals surface area contributed by atoms with Crippen LogP contribution in [-0.4, -0.2) is 56.5 Å². The fourth-order valence-electron chi connectivity index (χ4n) is 4.44. The molecule has 9 nitrogen and oxygen atoms in total. The van der Waals surface area contributed by atoms with Crippen LogP contribution in [-0.2, 0) is 23.2 Å².